The average Bonchev–Trinajstić information content (AvgIpc) is 2.98. The van der Waals surface area contributed by atoms with Crippen molar-refractivity contribution in [1.82, 2.24) is 10.2 Å². The van der Waals surface area contributed by atoms with Gasteiger partial charge in [0.25, 0.3) is 0 Å². The normalized spacial score (nSPS) is 30.7. The van der Waals surface area contributed by atoms with E-state index >= 15 is 0 Å². The first-order chi connectivity index (χ1) is 8.46. The monoisotopic (exact) mass is 265 g/mol. The Morgan fingerprint density at radius 2 is 1.89 bits per heavy atom. The molecule has 1 aliphatic heterocycles. The molecule has 3 N–H and O–H groups in total. The van der Waals surface area contributed by atoms with E-state index in [4.69, 9.17) is 5.73 Å². The van der Waals surface area contributed by atoms with E-state index in [1.54, 1.807) is 0 Å². The highest BCUT2D eigenvalue weighted by atomic mass is 19.4. The summed E-state index contributed by atoms with van der Waals surface area (Å²) in [6.45, 7) is 2.56. The largest absolute Gasteiger partial charge is 0.389 e. The third-order valence-electron chi connectivity index (χ3n) is 3.63. The van der Waals surface area contributed by atoms with Crippen LogP contribution in [0.1, 0.15) is 25.7 Å². The van der Waals surface area contributed by atoms with Gasteiger partial charge in [-0.05, 0) is 25.2 Å². The summed E-state index contributed by atoms with van der Waals surface area (Å²) >= 11 is 0. The van der Waals surface area contributed by atoms with Crippen LogP contribution in [0.25, 0.3) is 0 Å². The summed E-state index contributed by atoms with van der Waals surface area (Å²) in [7, 11) is 0. The molecule has 2 aliphatic rings. The van der Waals surface area contributed by atoms with Crippen molar-refractivity contribution in [3.05, 3.63) is 0 Å². The number of hydrogen-bond acceptors (Lipinski definition) is 3. The molecule has 6 heteroatoms. The fraction of sp³-hybridized carbons (Fsp3) is 1.00. The van der Waals surface area contributed by atoms with Crippen molar-refractivity contribution >= 4 is 0 Å². The molecule has 0 amide bonds. The first-order valence-electron chi connectivity index (χ1n) is 6.71. The predicted molar refractivity (Wildman–Crippen MR) is 64.2 cm³/mol. The lowest BCUT2D eigenvalue weighted by Gasteiger charge is -2.38. The van der Waals surface area contributed by atoms with Crippen molar-refractivity contribution in [2.75, 3.05) is 26.2 Å². The van der Waals surface area contributed by atoms with Crippen molar-refractivity contribution in [3.63, 3.8) is 0 Å². The van der Waals surface area contributed by atoms with Crippen molar-refractivity contribution < 1.29 is 13.2 Å². The average molecular weight is 265 g/mol. The SMILES string of the molecule is NCCN1CC(CC(F)(F)F)CC(NC2CC2)C1. The van der Waals surface area contributed by atoms with Crippen LogP contribution in [0, 0.1) is 5.92 Å². The van der Waals surface area contributed by atoms with Crippen LogP contribution in [0.3, 0.4) is 0 Å². The van der Waals surface area contributed by atoms with Gasteiger partial charge in [0.1, 0.15) is 0 Å². The summed E-state index contributed by atoms with van der Waals surface area (Å²) in [5.74, 6) is -0.290. The molecule has 18 heavy (non-hydrogen) atoms. The number of nitrogens with one attached hydrogen (secondary N) is 1. The van der Waals surface area contributed by atoms with Crippen molar-refractivity contribution in [2.24, 2.45) is 11.7 Å². The highest BCUT2D eigenvalue weighted by molar-refractivity contribution is 4.90. The molecule has 0 bridgehead atoms. The number of nitrogens with two attached hydrogens (primary N) is 1. The summed E-state index contributed by atoms with van der Waals surface area (Å²) < 4.78 is 37.5. The van der Waals surface area contributed by atoms with Gasteiger partial charge in [-0.2, -0.15) is 13.2 Å². The minimum Gasteiger partial charge on any atom is -0.329 e. The minimum absolute atomic E-state index is 0.199. The Hall–Kier alpha value is -0.330. The number of halogens is 3. The molecule has 2 unspecified atom stereocenters. The molecule has 1 saturated heterocycles. The van der Waals surface area contributed by atoms with E-state index in [9.17, 15) is 13.2 Å². The van der Waals surface area contributed by atoms with Crippen LogP contribution in [-0.2, 0) is 0 Å². The van der Waals surface area contributed by atoms with Gasteiger partial charge in [0.2, 0.25) is 0 Å². The minimum atomic E-state index is -4.06. The molecule has 106 valence electrons. The first kappa shape index (κ1) is 14.1. The number of piperidine rings is 1. The van der Waals surface area contributed by atoms with Gasteiger partial charge < -0.3 is 16.0 Å². The Morgan fingerprint density at radius 3 is 2.44 bits per heavy atom. The third-order valence-corrected chi connectivity index (χ3v) is 3.63. The highest BCUT2D eigenvalue weighted by Crippen LogP contribution is 2.31. The van der Waals surface area contributed by atoms with Crippen LogP contribution >= 0.6 is 0 Å². The lowest BCUT2D eigenvalue weighted by atomic mass is 9.91. The second kappa shape index (κ2) is 5.75. The number of rotatable bonds is 5. The van der Waals surface area contributed by atoms with Gasteiger partial charge in [-0.1, -0.05) is 0 Å². The molecule has 0 aromatic heterocycles. The van der Waals surface area contributed by atoms with E-state index in [-0.39, 0.29) is 12.0 Å². The first-order valence-corrected chi connectivity index (χ1v) is 6.71. The van der Waals surface area contributed by atoms with Gasteiger partial charge in [0.15, 0.2) is 0 Å². The lowest BCUT2D eigenvalue weighted by Crippen LogP contribution is -2.51. The van der Waals surface area contributed by atoms with E-state index in [2.05, 4.69) is 10.2 Å². The smallest absolute Gasteiger partial charge is 0.329 e. The highest BCUT2D eigenvalue weighted by Gasteiger charge is 2.37. The molecular formula is C12H22F3N3. The van der Waals surface area contributed by atoms with Gasteiger partial charge in [0.05, 0.1) is 0 Å². The molecule has 0 aromatic carbocycles. The second-order valence-corrected chi connectivity index (χ2v) is 5.61. The molecular weight excluding hydrogens is 243 g/mol. The molecule has 1 saturated carbocycles. The van der Waals surface area contributed by atoms with Crippen molar-refractivity contribution in [2.45, 2.75) is 43.9 Å². The number of likely N-dealkylation sites (tertiary alicyclic amines) is 1. The molecule has 2 rings (SSSR count). The Morgan fingerprint density at radius 1 is 1.17 bits per heavy atom. The fourth-order valence-corrected chi connectivity index (χ4v) is 2.85. The predicted octanol–water partition coefficient (Wildman–Crippen LogP) is 1.34. The summed E-state index contributed by atoms with van der Waals surface area (Å²) in [6, 6.07) is 0.740. The van der Waals surface area contributed by atoms with Gasteiger partial charge in [-0.3, -0.25) is 0 Å². The van der Waals surface area contributed by atoms with E-state index in [1.807, 2.05) is 0 Å². The zero-order valence-corrected chi connectivity index (χ0v) is 10.5. The maximum absolute atomic E-state index is 12.5. The molecule has 2 fully saturated rings. The molecule has 1 heterocycles. The molecule has 1 aliphatic carbocycles. The zero-order valence-electron chi connectivity index (χ0n) is 10.5. The quantitative estimate of drug-likeness (QED) is 0.788. The number of nitrogens with zero attached hydrogens (tertiary/aromatic N) is 1. The maximum Gasteiger partial charge on any atom is 0.389 e. The molecule has 0 spiro atoms. The summed E-state index contributed by atoms with van der Waals surface area (Å²) in [5.41, 5.74) is 5.51. The van der Waals surface area contributed by atoms with E-state index < -0.39 is 12.6 Å². The summed E-state index contributed by atoms with van der Waals surface area (Å²) in [6.07, 6.45) is -1.76. The Balaban J connectivity index is 1.87. The van der Waals surface area contributed by atoms with Crippen LogP contribution in [0.15, 0.2) is 0 Å². The Bertz CT molecular complexity index is 266. The third kappa shape index (κ3) is 4.74. The topological polar surface area (TPSA) is 41.3 Å². The maximum atomic E-state index is 12.5. The number of hydrogen-bond donors (Lipinski definition) is 2. The zero-order chi connectivity index (χ0) is 13.2. The van der Waals surface area contributed by atoms with Gasteiger partial charge in [-0.25, -0.2) is 0 Å². The number of alkyl halides is 3. The summed E-state index contributed by atoms with van der Waals surface area (Å²) in [5, 5.41) is 3.45. The van der Waals surface area contributed by atoms with E-state index in [0.29, 0.717) is 32.1 Å². The molecule has 2 atom stereocenters. The van der Waals surface area contributed by atoms with Gasteiger partial charge in [-0.15, -0.1) is 0 Å². The lowest BCUT2D eigenvalue weighted by molar-refractivity contribution is -0.148. The fourth-order valence-electron chi connectivity index (χ4n) is 2.85. The van der Waals surface area contributed by atoms with Crippen molar-refractivity contribution in [1.29, 1.82) is 0 Å². The molecule has 3 nitrogen and oxygen atoms in total. The Kier molecular flexibility index (Phi) is 4.50. The standard InChI is InChI=1S/C12H22F3N3/c13-12(14,15)6-9-5-11(17-10-1-2-10)8-18(7-9)4-3-16/h9-11,17H,1-8,16H2. The van der Waals surface area contributed by atoms with Crippen LogP contribution in [0.5, 0.6) is 0 Å². The van der Waals surface area contributed by atoms with Crippen LogP contribution < -0.4 is 11.1 Å². The Labute approximate surface area is 106 Å². The molecule has 0 radical (unpaired) electrons. The van der Waals surface area contributed by atoms with E-state index in [0.717, 1.165) is 19.4 Å². The van der Waals surface area contributed by atoms with Gasteiger partial charge >= 0.3 is 6.18 Å². The summed E-state index contributed by atoms with van der Waals surface area (Å²) in [4.78, 5) is 2.07. The van der Waals surface area contributed by atoms with E-state index in [1.165, 1.54) is 0 Å². The van der Waals surface area contributed by atoms with Crippen LogP contribution in [0.2, 0.25) is 0 Å². The van der Waals surface area contributed by atoms with Crippen LogP contribution in [0.4, 0.5) is 13.2 Å². The molecule has 0 aromatic rings. The van der Waals surface area contributed by atoms with Crippen molar-refractivity contribution in [3.8, 4) is 0 Å². The second-order valence-electron chi connectivity index (χ2n) is 5.61. The van der Waals surface area contributed by atoms with Crippen LogP contribution in [-0.4, -0.2) is 49.3 Å². The van der Waals surface area contributed by atoms with Gasteiger partial charge in [0, 0.05) is 44.7 Å².